The fourth-order valence-electron chi connectivity index (χ4n) is 4.86. The molecule has 4 aliphatic carbocycles. The number of anilines is 1. The molecular formula is C17H21NO5. The molecule has 4 bridgehead atoms. The molecule has 0 aromatic heterocycles. The Bertz CT molecular complexity index is 598. The van der Waals surface area contributed by atoms with Gasteiger partial charge in [0, 0.05) is 11.6 Å². The van der Waals surface area contributed by atoms with Crippen LogP contribution in [0.15, 0.2) is 24.3 Å². The minimum atomic E-state index is -0.572. The monoisotopic (exact) mass is 319 g/mol. The molecule has 1 aromatic rings. The van der Waals surface area contributed by atoms with Gasteiger partial charge in [-0.15, -0.1) is 0 Å². The summed E-state index contributed by atoms with van der Waals surface area (Å²) in [4.78, 5) is 12.2. The Kier molecular flexibility index (Phi) is 3.28. The molecule has 6 heteroatoms. The number of rotatable bonds is 2. The van der Waals surface area contributed by atoms with Crippen molar-refractivity contribution in [2.45, 2.75) is 43.5 Å². The molecular weight excluding hydrogens is 298 g/mol. The van der Waals surface area contributed by atoms with Crippen molar-refractivity contribution in [2.75, 3.05) is 5.32 Å². The molecule has 0 radical (unpaired) electrons. The highest BCUT2D eigenvalue weighted by molar-refractivity contribution is 5.85. The SMILES string of the molecule is O=C(Nc1ccc(O)cc1)OC12CC3CC(C1)[C@H](O)C(C2)[C@@H]3O. The van der Waals surface area contributed by atoms with Gasteiger partial charge in [0.05, 0.1) is 12.2 Å². The number of benzene rings is 1. The fourth-order valence-corrected chi connectivity index (χ4v) is 4.86. The normalized spacial score (nSPS) is 40.9. The van der Waals surface area contributed by atoms with Crippen molar-refractivity contribution in [1.82, 2.24) is 0 Å². The van der Waals surface area contributed by atoms with E-state index in [-0.39, 0.29) is 23.5 Å². The molecule has 0 saturated heterocycles. The zero-order chi connectivity index (χ0) is 16.2. The summed E-state index contributed by atoms with van der Waals surface area (Å²) >= 11 is 0. The Labute approximate surface area is 134 Å². The van der Waals surface area contributed by atoms with Gasteiger partial charge in [-0.3, -0.25) is 5.32 Å². The first-order valence-electron chi connectivity index (χ1n) is 8.11. The molecule has 0 heterocycles. The Balaban J connectivity index is 1.46. The number of amides is 1. The van der Waals surface area contributed by atoms with Gasteiger partial charge >= 0.3 is 6.09 Å². The highest BCUT2D eigenvalue weighted by Gasteiger charge is 2.60. The first kappa shape index (κ1) is 14.8. The number of ether oxygens (including phenoxy) is 1. The van der Waals surface area contributed by atoms with E-state index in [9.17, 15) is 20.1 Å². The lowest BCUT2D eigenvalue weighted by Gasteiger charge is -2.59. The molecule has 4 saturated carbocycles. The van der Waals surface area contributed by atoms with Gasteiger partial charge in [0.25, 0.3) is 0 Å². The van der Waals surface area contributed by atoms with Crippen LogP contribution in [0.2, 0.25) is 0 Å². The van der Waals surface area contributed by atoms with E-state index in [2.05, 4.69) is 5.32 Å². The van der Waals surface area contributed by atoms with E-state index in [0.717, 1.165) is 6.42 Å². The van der Waals surface area contributed by atoms with E-state index in [0.29, 0.717) is 24.9 Å². The molecule has 6 atom stereocenters. The maximum atomic E-state index is 12.2. The topological polar surface area (TPSA) is 99.0 Å². The van der Waals surface area contributed by atoms with Crippen molar-refractivity contribution in [3.05, 3.63) is 24.3 Å². The minimum absolute atomic E-state index is 0.109. The summed E-state index contributed by atoms with van der Waals surface area (Å²) in [6, 6.07) is 6.19. The molecule has 23 heavy (non-hydrogen) atoms. The van der Waals surface area contributed by atoms with Crippen molar-refractivity contribution >= 4 is 11.8 Å². The number of phenols is 1. The summed E-state index contributed by atoms with van der Waals surface area (Å²) in [6.45, 7) is 0. The Morgan fingerprint density at radius 2 is 1.70 bits per heavy atom. The molecule has 4 unspecified atom stereocenters. The molecule has 4 N–H and O–H groups in total. The van der Waals surface area contributed by atoms with Gasteiger partial charge in [-0.2, -0.15) is 0 Å². The molecule has 124 valence electrons. The number of aliphatic hydroxyl groups excluding tert-OH is 2. The third kappa shape index (κ3) is 2.46. The Hall–Kier alpha value is -1.79. The van der Waals surface area contributed by atoms with Gasteiger partial charge in [-0.25, -0.2) is 4.79 Å². The summed E-state index contributed by atoms with van der Waals surface area (Å²) in [5.74, 6) is 0.158. The highest BCUT2D eigenvalue weighted by atomic mass is 16.6. The van der Waals surface area contributed by atoms with Crippen LogP contribution >= 0.6 is 0 Å². The summed E-state index contributed by atoms with van der Waals surface area (Å²) < 4.78 is 5.75. The Morgan fingerprint density at radius 1 is 1.09 bits per heavy atom. The second-order valence-electron chi connectivity index (χ2n) is 7.26. The predicted molar refractivity (Wildman–Crippen MR) is 81.9 cm³/mol. The standard InChI is InChI=1S/C17H21NO5/c19-12-3-1-11(2-4-12)18-16(22)23-17-6-9-5-10(7-17)15(21)13(8-17)14(9)20/h1-4,9-10,13-15,19-21H,5-8H2,(H,18,22)/t9?,10?,13?,14-,15+,17?. The molecule has 1 aromatic carbocycles. The first-order valence-corrected chi connectivity index (χ1v) is 8.11. The van der Waals surface area contributed by atoms with E-state index in [4.69, 9.17) is 4.74 Å². The largest absolute Gasteiger partial charge is 0.508 e. The average Bonchev–Trinajstić information content (AvgIpc) is 2.51. The summed E-state index contributed by atoms with van der Waals surface area (Å²) in [5.41, 5.74) is -0.0184. The molecule has 0 spiro atoms. The van der Waals surface area contributed by atoms with Crippen molar-refractivity contribution in [3.8, 4) is 5.75 Å². The van der Waals surface area contributed by atoms with Gasteiger partial charge in [-0.05, 0) is 61.8 Å². The quantitative estimate of drug-likeness (QED) is 0.624. The summed E-state index contributed by atoms with van der Waals surface area (Å²) in [7, 11) is 0. The van der Waals surface area contributed by atoms with Crippen molar-refractivity contribution < 1.29 is 24.9 Å². The second-order valence-corrected chi connectivity index (χ2v) is 7.26. The number of nitrogens with one attached hydrogen (secondary N) is 1. The third-order valence-corrected chi connectivity index (χ3v) is 5.75. The smallest absolute Gasteiger partial charge is 0.412 e. The maximum absolute atomic E-state index is 12.2. The van der Waals surface area contributed by atoms with Crippen LogP contribution in [0.5, 0.6) is 5.75 Å². The summed E-state index contributed by atoms with van der Waals surface area (Å²) in [6.07, 6.45) is 1.15. The van der Waals surface area contributed by atoms with E-state index >= 15 is 0 Å². The van der Waals surface area contributed by atoms with Crippen LogP contribution in [0.25, 0.3) is 0 Å². The molecule has 5 rings (SSSR count). The van der Waals surface area contributed by atoms with Crippen molar-refractivity contribution in [3.63, 3.8) is 0 Å². The van der Waals surface area contributed by atoms with Crippen LogP contribution < -0.4 is 5.32 Å². The molecule has 1 amide bonds. The van der Waals surface area contributed by atoms with Gasteiger partial charge in [-0.1, -0.05) is 0 Å². The zero-order valence-corrected chi connectivity index (χ0v) is 12.7. The van der Waals surface area contributed by atoms with Gasteiger partial charge in [0.15, 0.2) is 0 Å². The number of hydrogen-bond acceptors (Lipinski definition) is 5. The average molecular weight is 319 g/mol. The predicted octanol–water partition coefficient (Wildman–Crippen LogP) is 1.85. The van der Waals surface area contributed by atoms with Crippen LogP contribution in [-0.2, 0) is 4.74 Å². The molecule has 4 aliphatic rings. The molecule has 6 nitrogen and oxygen atoms in total. The first-order chi connectivity index (χ1) is 11.0. The summed E-state index contributed by atoms with van der Waals surface area (Å²) in [5, 5.41) is 32.5. The van der Waals surface area contributed by atoms with Gasteiger partial charge < -0.3 is 20.1 Å². The number of carbonyl (C=O) groups excluding carboxylic acids is 1. The molecule has 4 fully saturated rings. The number of hydrogen-bond donors (Lipinski definition) is 4. The van der Waals surface area contributed by atoms with E-state index in [1.807, 2.05) is 0 Å². The fraction of sp³-hybridized carbons (Fsp3) is 0.588. The van der Waals surface area contributed by atoms with Gasteiger partial charge in [0.2, 0.25) is 0 Å². The number of aliphatic hydroxyl groups is 2. The van der Waals surface area contributed by atoms with Crippen molar-refractivity contribution in [1.29, 1.82) is 0 Å². The van der Waals surface area contributed by atoms with Crippen molar-refractivity contribution in [2.24, 2.45) is 17.8 Å². The molecule has 0 aliphatic heterocycles. The van der Waals surface area contributed by atoms with Crippen LogP contribution in [0.3, 0.4) is 0 Å². The number of carbonyl (C=O) groups is 1. The minimum Gasteiger partial charge on any atom is -0.508 e. The number of phenolic OH excluding ortho intramolecular Hbond substituents is 1. The third-order valence-electron chi connectivity index (χ3n) is 5.75. The van der Waals surface area contributed by atoms with Crippen LogP contribution in [0, 0.1) is 17.8 Å². The van der Waals surface area contributed by atoms with E-state index in [1.54, 1.807) is 12.1 Å². The van der Waals surface area contributed by atoms with Crippen LogP contribution in [-0.4, -0.2) is 39.2 Å². The zero-order valence-electron chi connectivity index (χ0n) is 12.7. The lowest BCUT2D eigenvalue weighted by atomic mass is 9.51. The van der Waals surface area contributed by atoms with E-state index in [1.165, 1.54) is 12.1 Å². The van der Waals surface area contributed by atoms with Crippen LogP contribution in [0.4, 0.5) is 10.5 Å². The van der Waals surface area contributed by atoms with Crippen LogP contribution in [0.1, 0.15) is 25.7 Å². The second kappa shape index (κ2) is 5.11. The van der Waals surface area contributed by atoms with Gasteiger partial charge in [0.1, 0.15) is 11.4 Å². The maximum Gasteiger partial charge on any atom is 0.412 e. The number of aromatic hydroxyl groups is 1. The lowest BCUT2D eigenvalue weighted by Crippen LogP contribution is -2.64. The lowest BCUT2D eigenvalue weighted by molar-refractivity contribution is -0.218. The Morgan fingerprint density at radius 3 is 2.30 bits per heavy atom. The highest BCUT2D eigenvalue weighted by Crippen LogP contribution is 2.57. The van der Waals surface area contributed by atoms with E-state index < -0.39 is 23.9 Å².